The largest absolute Gasteiger partial charge is 0.481 e. The van der Waals surface area contributed by atoms with Gasteiger partial charge >= 0.3 is 5.97 Å². The molecule has 106 valence electrons. The van der Waals surface area contributed by atoms with Crippen LogP contribution in [0.4, 0.5) is 0 Å². The molecular formula is C14H17N3O2S. The van der Waals surface area contributed by atoms with E-state index in [1.165, 1.54) is 37.4 Å². The number of aliphatic carboxylic acids is 1. The van der Waals surface area contributed by atoms with Crippen molar-refractivity contribution in [2.24, 2.45) is 5.92 Å². The number of aromatic nitrogens is 3. The van der Waals surface area contributed by atoms with Gasteiger partial charge < -0.3 is 9.67 Å². The molecule has 2 aromatic heterocycles. The van der Waals surface area contributed by atoms with Crippen LogP contribution in [0, 0.1) is 5.92 Å². The van der Waals surface area contributed by atoms with Crippen molar-refractivity contribution in [3.8, 4) is 0 Å². The number of carboxylic acids is 1. The Balaban J connectivity index is 1.91. The van der Waals surface area contributed by atoms with Crippen LogP contribution in [-0.4, -0.2) is 31.4 Å². The van der Waals surface area contributed by atoms with E-state index in [2.05, 4.69) is 14.5 Å². The lowest BCUT2D eigenvalue weighted by atomic mass is 10.1. The van der Waals surface area contributed by atoms with Gasteiger partial charge in [0.1, 0.15) is 5.52 Å². The highest BCUT2D eigenvalue weighted by Gasteiger charge is 2.19. The summed E-state index contributed by atoms with van der Waals surface area (Å²) in [6.45, 7) is 0.933. The van der Waals surface area contributed by atoms with E-state index in [1.54, 1.807) is 12.4 Å². The van der Waals surface area contributed by atoms with Gasteiger partial charge in [-0.05, 0) is 24.8 Å². The van der Waals surface area contributed by atoms with Crippen molar-refractivity contribution >= 4 is 28.8 Å². The van der Waals surface area contributed by atoms with E-state index in [0.717, 1.165) is 22.7 Å². The number of pyridine rings is 1. The molecule has 0 aromatic carbocycles. The average Bonchev–Trinajstić information content (AvgIpc) is 3.05. The maximum atomic E-state index is 10.8. The van der Waals surface area contributed by atoms with Crippen LogP contribution in [0.15, 0.2) is 23.6 Å². The standard InChI is InChI=1S/C14H17N3O2S/c18-13(19)9-20-14-16-11-7-15-6-5-12(11)17(14)8-10-3-1-2-4-10/h5-7,10H,1-4,8-9H2,(H,18,19). The molecule has 0 spiro atoms. The number of hydrogen-bond donors (Lipinski definition) is 1. The van der Waals surface area contributed by atoms with Crippen LogP contribution in [-0.2, 0) is 11.3 Å². The van der Waals surface area contributed by atoms with Gasteiger partial charge in [0.25, 0.3) is 0 Å². The Morgan fingerprint density at radius 2 is 2.25 bits per heavy atom. The molecule has 1 N–H and O–H groups in total. The Morgan fingerprint density at radius 1 is 1.45 bits per heavy atom. The molecule has 0 bridgehead atoms. The molecule has 1 aliphatic carbocycles. The van der Waals surface area contributed by atoms with E-state index >= 15 is 0 Å². The van der Waals surface area contributed by atoms with Gasteiger partial charge in [-0.15, -0.1) is 0 Å². The summed E-state index contributed by atoms with van der Waals surface area (Å²) < 4.78 is 2.17. The average molecular weight is 291 g/mol. The Kier molecular flexibility index (Phi) is 3.91. The second-order valence-corrected chi connectivity index (χ2v) is 6.14. The summed E-state index contributed by atoms with van der Waals surface area (Å²) in [5, 5.41) is 9.65. The van der Waals surface area contributed by atoms with Gasteiger partial charge in [0.05, 0.1) is 17.5 Å². The number of carboxylic acid groups (broad SMARTS) is 1. The number of thioether (sulfide) groups is 1. The van der Waals surface area contributed by atoms with Crippen LogP contribution in [0.25, 0.3) is 11.0 Å². The van der Waals surface area contributed by atoms with Crippen LogP contribution < -0.4 is 0 Å². The lowest BCUT2D eigenvalue weighted by Crippen LogP contribution is -2.09. The van der Waals surface area contributed by atoms with Gasteiger partial charge in [-0.3, -0.25) is 9.78 Å². The van der Waals surface area contributed by atoms with Crippen molar-refractivity contribution in [1.29, 1.82) is 0 Å². The molecule has 1 fully saturated rings. The monoisotopic (exact) mass is 291 g/mol. The summed E-state index contributed by atoms with van der Waals surface area (Å²) in [5.74, 6) is -0.0844. The number of hydrogen-bond acceptors (Lipinski definition) is 4. The Labute approximate surface area is 121 Å². The third-order valence-electron chi connectivity index (χ3n) is 3.76. The second kappa shape index (κ2) is 5.83. The summed E-state index contributed by atoms with van der Waals surface area (Å²) in [7, 11) is 0. The minimum atomic E-state index is -0.812. The molecule has 1 saturated carbocycles. The zero-order chi connectivity index (χ0) is 13.9. The van der Waals surface area contributed by atoms with E-state index in [4.69, 9.17) is 5.11 Å². The van der Waals surface area contributed by atoms with Gasteiger partial charge in [-0.1, -0.05) is 24.6 Å². The fraction of sp³-hybridized carbons (Fsp3) is 0.500. The fourth-order valence-corrected chi connectivity index (χ4v) is 3.57. The Hall–Kier alpha value is -1.56. The minimum Gasteiger partial charge on any atom is -0.481 e. The quantitative estimate of drug-likeness (QED) is 0.858. The smallest absolute Gasteiger partial charge is 0.313 e. The number of nitrogens with zero attached hydrogens (tertiary/aromatic N) is 3. The van der Waals surface area contributed by atoms with Crippen LogP contribution in [0.1, 0.15) is 25.7 Å². The first kappa shape index (κ1) is 13.4. The van der Waals surface area contributed by atoms with Gasteiger partial charge in [0, 0.05) is 12.7 Å². The molecule has 0 saturated heterocycles. The lowest BCUT2D eigenvalue weighted by molar-refractivity contribution is -0.133. The lowest BCUT2D eigenvalue weighted by Gasteiger charge is -2.13. The molecule has 6 heteroatoms. The molecule has 2 aromatic rings. The first-order valence-electron chi connectivity index (χ1n) is 6.89. The topological polar surface area (TPSA) is 68.0 Å². The molecule has 0 unspecified atom stereocenters. The summed E-state index contributed by atoms with van der Waals surface area (Å²) in [6, 6.07) is 1.96. The van der Waals surface area contributed by atoms with E-state index in [-0.39, 0.29) is 5.75 Å². The van der Waals surface area contributed by atoms with Crippen molar-refractivity contribution in [1.82, 2.24) is 14.5 Å². The minimum absolute atomic E-state index is 0.0431. The molecule has 0 aliphatic heterocycles. The van der Waals surface area contributed by atoms with Gasteiger partial charge in [-0.25, -0.2) is 4.98 Å². The summed E-state index contributed by atoms with van der Waals surface area (Å²) >= 11 is 1.29. The van der Waals surface area contributed by atoms with Crippen molar-refractivity contribution in [3.05, 3.63) is 18.5 Å². The van der Waals surface area contributed by atoms with Gasteiger partial charge in [-0.2, -0.15) is 0 Å². The van der Waals surface area contributed by atoms with E-state index in [0.29, 0.717) is 5.92 Å². The molecule has 2 heterocycles. The number of carbonyl (C=O) groups is 1. The van der Waals surface area contributed by atoms with Crippen LogP contribution in [0.2, 0.25) is 0 Å². The SMILES string of the molecule is O=C(O)CSc1nc2cnccc2n1CC1CCCC1. The van der Waals surface area contributed by atoms with Gasteiger partial charge in [0.2, 0.25) is 0 Å². The van der Waals surface area contributed by atoms with Crippen molar-refractivity contribution in [2.45, 2.75) is 37.4 Å². The molecule has 5 nitrogen and oxygen atoms in total. The van der Waals surface area contributed by atoms with Crippen LogP contribution in [0.3, 0.4) is 0 Å². The molecule has 1 aliphatic rings. The fourth-order valence-electron chi connectivity index (χ4n) is 2.82. The third-order valence-corrected chi connectivity index (χ3v) is 4.72. The normalized spacial score (nSPS) is 16.0. The molecule has 0 amide bonds. The number of fused-ring (bicyclic) bond motifs is 1. The Bertz CT molecular complexity index is 620. The zero-order valence-corrected chi connectivity index (χ0v) is 12.0. The maximum Gasteiger partial charge on any atom is 0.313 e. The zero-order valence-electron chi connectivity index (χ0n) is 11.2. The van der Waals surface area contributed by atoms with Crippen LogP contribution >= 0.6 is 11.8 Å². The third kappa shape index (κ3) is 2.80. The summed E-state index contributed by atoms with van der Waals surface area (Å²) in [6.07, 6.45) is 8.63. The predicted octanol–water partition coefficient (Wildman–Crippen LogP) is 2.80. The van der Waals surface area contributed by atoms with Gasteiger partial charge in [0.15, 0.2) is 5.16 Å². The van der Waals surface area contributed by atoms with E-state index in [1.807, 2.05) is 6.07 Å². The highest BCUT2D eigenvalue weighted by molar-refractivity contribution is 7.99. The van der Waals surface area contributed by atoms with Crippen molar-refractivity contribution < 1.29 is 9.90 Å². The summed E-state index contributed by atoms with van der Waals surface area (Å²) in [4.78, 5) is 19.4. The maximum absolute atomic E-state index is 10.8. The summed E-state index contributed by atoms with van der Waals surface area (Å²) in [5.41, 5.74) is 1.90. The molecule has 3 rings (SSSR count). The van der Waals surface area contributed by atoms with Crippen molar-refractivity contribution in [2.75, 3.05) is 5.75 Å². The van der Waals surface area contributed by atoms with Crippen LogP contribution in [0.5, 0.6) is 0 Å². The Morgan fingerprint density at radius 3 is 3.00 bits per heavy atom. The molecular weight excluding hydrogens is 274 g/mol. The second-order valence-electron chi connectivity index (χ2n) is 5.20. The highest BCUT2D eigenvalue weighted by atomic mass is 32.2. The number of imidazole rings is 1. The highest BCUT2D eigenvalue weighted by Crippen LogP contribution is 2.30. The molecule has 0 radical (unpaired) electrons. The first-order chi connectivity index (χ1) is 9.74. The molecule has 0 atom stereocenters. The van der Waals surface area contributed by atoms with E-state index < -0.39 is 5.97 Å². The molecule has 20 heavy (non-hydrogen) atoms. The predicted molar refractivity (Wildman–Crippen MR) is 77.8 cm³/mol. The van der Waals surface area contributed by atoms with Crippen molar-refractivity contribution in [3.63, 3.8) is 0 Å². The first-order valence-corrected chi connectivity index (χ1v) is 7.87. The van der Waals surface area contributed by atoms with E-state index in [9.17, 15) is 4.79 Å². The number of rotatable bonds is 5.